The maximum atomic E-state index is 12.5. The lowest BCUT2D eigenvalue weighted by Crippen LogP contribution is -2.45. The average molecular weight is 346 g/mol. The molecule has 0 bridgehead atoms. The van der Waals surface area contributed by atoms with Crippen LogP contribution in [0.3, 0.4) is 0 Å². The number of hydrogen-bond donors (Lipinski definition) is 1. The molecule has 2 aliphatic heterocycles. The zero-order valence-electron chi connectivity index (χ0n) is 15.4. The van der Waals surface area contributed by atoms with E-state index in [1.165, 1.54) is 0 Å². The Labute approximate surface area is 150 Å². The first-order chi connectivity index (χ1) is 12.1. The van der Waals surface area contributed by atoms with Gasteiger partial charge in [-0.25, -0.2) is 0 Å². The highest BCUT2D eigenvalue weighted by molar-refractivity contribution is 5.84. The fourth-order valence-corrected chi connectivity index (χ4v) is 3.88. The molecule has 1 aromatic rings. The highest BCUT2D eigenvalue weighted by Gasteiger charge is 2.27. The summed E-state index contributed by atoms with van der Waals surface area (Å²) in [5.74, 6) is 0.903. The van der Waals surface area contributed by atoms with Gasteiger partial charge in [0.15, 0.2) is 0 Å². The van der Waals surface area contributed by atoms with Crippen LogP contribution in [0.2, 0.25) is 0 Å². The van der Waals surface area contributed by atoms with Crippen LogP contribution in [-0.4, -0.2) is 55.8 Å². The number of amides is 1. The molecule has 0 aromatic heterocycles. The van der Waals surface area contributed by atoms with Crippen molar-refractivity contribution in [3.63, 3.8) is 0 Å². The Bertz CT molecular complexity index is 568. The fraction of sp³-hybridized carbons (Fsp3) is 0.650. The minimum atomic E-state index is -0.0779. The number of fused-ring (bicyclic) bond motifs is 1. The summed E-state index contributed by atoms with van der Waals surface area (Å²) in [5.41, 5.74) is 1.02. The molecule has 3 rings (SSSR count). The summed E-state index contributed by atoms with van der Waals surface area (Å²) < 4.78 is 11.4. The first-order valence-corrected chi connectivity index (χ1v) is 9.50. The monoisotopic (exact) mass is 346 g/mol. The van der Waals surface area contributed by atoms with Gasteiger partial charge in [-0.3, -0.25) is 9.69 Å². The summed E-state index contributed by atoms with van der Waals surface area (Å²) in [6, 6.07) is 7.86. The molecule has 5 nitrogen and oxygen atoms in total. The first-order valence-electron chi connectivity index (χ1n) is 9.50. The van der Waals surface area contributed by atoms with E-state index in [1.807, 2.05) is 24.3 Å². The number of benzene rings is 1. The Morgan fingerprint density at radius 3 is 2.76 bits per heavy atom. The Kier molecular flexibility index (Phi) is 6.32. The molecule has 1 N–H and O–H groups in total. The molecule has 25 heavy (non-hydrogen) atoms. The molecular weight excluding hydrogens is 316 g/mol. The van der Waals surface area contributed by atoms with Crippen LogP contribution in [0.5, 0.6) is 5.75 Å². The Hall–Kier alpha value is -1.59. The summed E-state index contributed by atoms with van der Waals surface area (Å²) in [5, 5.41) is 3.11. The van der Waals surface area contributed by atoms with Gasteiger partial charge in [-0.1, -0.05) is 18.2 Å². The highest BCUT2D eigenvalue weighted by Crippen LogP contribution is 2.33. The quantitative estimate of drug-likeness (QED) is 0.805. The van der Waals surface area contributed by atoms with Crippen molar-refractivity contribution in [2.75, 3.05) is 32.8 Å². The van der Waals surface area contributed by atoms with Crippen LogP contribution in [0.15, 0.2) is 24.3 Å². The van der Waals surface area contributed by atoms with Crippen molar-refractivity contribution in [2.45, 2.75) is 51.2 Å². The fourth-order valence-electron chi connectivity index (χ4n) is 3.88. The van der Waals surface area contributed by atoms with Gasteiger partial charge in [0.05, 0.1) is 24.7 Å². The van der Waals surface area contributed by atoms with Crippen molar-refractivity contribution < 1.29 is 14.3 Å². The Balaban J connectivity index is 1.38. The normalized spacial score (nSPS) is 26.6. The predicted octanol–water partition coefficient (Wildman–Crippen LogP) is 2.56. The molecule has 0 aliphatic carbocycles. The molecule has 138 valence electrons. The van der Waals surface area contributed by atoms with E-state index in [1.54, 1.807) is 0 Å². The van der Waals surface area contributed by atoms with E-state index in [0.29, 0.717) is 18.8 Å². The van der Waals surface area contributed by atoms with Crippen molar-refractivity contribution >= 4 is 5.91 Å². The third-order valence-electron chi connectivity index (χ3n) is 4.97. The molecule has 1 aromatic carbocycles. The van der Waals surface area contributed by atoms with E-state index in [2.05, 4.69) is 24.1 Å². The number of morpholine rings is 1. The maximum absolute atomic E-state index is 12.5. The number of nitrogens with zero attached hydrogens (tertiary/aromatic N) is 1. The van der Waals surface area contributed by atoms with Gasteiger partial charge < -0.3 is 14.8 Å². The van der Waals surface area contributed by atoms with Gasteiger partial charge in [-0.15, -0.1) is 0 Å². The first kappa shape index (κ1) is 18.2. The van der Waals surface area contributed by atoms with Crippen molar-refractivity contribution in [1.82, 2.24) is 10.2 Å². The van der Waals surface area contributed by atoms with Gasteiger partial charge in [-0.05, 0) is 45.7 Å². The zero-order chi connectivity index (χ0) is 17.6. The van der Waals surface area contributed by atoms with Crippen LogP contribution in [0.25, 0.3) is 0 Å². The third kappa shape index (κ3) is 4.95. The van der Waals surface area contributed by atoms with Gasteiger partial charge >= 0.3 is 0 Å². The molecule has 0 saturated carbocycles. The molecule has 1 fully saturated rings. The Morgan fingerprint density at radius 2 is 1.96 bits per heavy atom. The smallest absolute Gasteiger partial charge is 0.227 e. The molecule has 2 heterocycles. The van der Waals surface area contributed by atoms with Crippen LogP contribution in [-0.2, 0) is 9.53 Å². The molecule has 3 atom stereocenters. The molecule has 1 saturated heterocycles. The van der Waals surface area contributed by atoms with Crippen molar-refractivity contribution in [3.05, 3.63) is 29.8 Å². The van der Waals surface area contributed by atoms with Gasteiger partial charge in [-0.2, -0.15) is 0 Å². The molecule has 5 heteroatoms. The number of para-hydroxylation sites is 1. The van der Waals surface area contributed by atoms with Crippen LogP contribution in [0.1, 0.15) is 44.6 Å². The number of carbonyl (C=O) groups is 1. The van der Waals surface area contributed by atoms with E-state index in [-0.39, 0.29) is 11.8 Å². The summed E-state index contributed by atoms with van der Waals surface area (Å²) in [6.45, 7) is 8.72. The largest absolute Gasteiger partial charge is 0.493 e. The molecular formula is C20H30N2O3. The lowest BCUT2D eigenvalue weighted by atomic mass is 9.92. The highest BCUT2D eigenvalue weighted by atomic mass is 16.5. The van der Waals surface area contributed by atoms with Gasteiger partial charge in [0.1, 0.15) is 5.75 Å². The SMILES string of the molecule is C[C@H]1CN(CCCCNC(=O)[C@@H]2CCOc3ccccc32)C[C@H](C)O1. The van der Waals surface area contributed by atoms with E-state index < -0.39 is 0 Å². The minimum Gasteiger partial charge on any atom is -0.493 e. The Morgan fingerprint density at radius 1 is 1.20 bits per heavy atom. The number of ether oxygens (including phenoxy) is 2. The molecule has 2 aliphatic rings. The number of rotatable bonds is 6. The maximum Gasteiger partial charge on any atom is 0.227 e. The van der Waals surface area contributed by atoms with E-state index >= 15 is 0 Å². The molecule has 0 unspecified atom stereocenters. The summed E-state index contributed by atoms with van der Waals surface area (Å²) in [4.78, 5) is 15.0. The summed E-state index contributed by atoms with van der Waals surface area (Å²) in [7, 11) is 0. The molecule has 0 radical (unpaired) electrons. The van der Waals surface area contributed by atoms with Crippen LogP contribution < -0.4 is 10.1 Å². The molecule has 1 amide bonds. The lowest BCUT2D eigenvalue weighted by molar-refractivity contribution is -0.123. The topological polar surface area (TPSA) is 50.8 Å². The van der Waals surface area contributed by atoms with E-state index in [0.717, 1.165) is 56.8 Å². The standard InChI is InChI=1S/C20H30N2O3/c1-15-13-22(14-16(2)25-15)11-6-5-10-21-20(23)18-9-12-24-19-8-4-3-7-17(18)19/h3-4,7-8,15-16,18H,5-6,9-14H2,1-2H3,(H,21,23)/t15-,16-,18+/m0/s1. The second-order valence-corrected chi connectivity index (χ2v) is 7.24. The zero-order valence-corrected chi connectivity index (χ0v) is 15.4. The van der Waals surface area contributed by atoms with Gasteiger partial charge in [0.2, 0.25) is 5.91 Å². The van der Waals surface area contributed by atoms with Crippen molar-refractivity contribution in [1.29, 1.82) is 0 Å². The van der Waals surface area contributed by atoms with Gasteiger partial charge in [0, 0.05) is 25.2 Å². The number of unbranched alkanes of at least 4 members (excludes halogenated alkanes) is 1. The predicted molar refractivity (Wildman–Crippen MR) is 98.0 cm³/mol. The average Bonchev–Trinajstić information content (AvgIpc) is 2.60. The second-order valence-electron chi connectivity index (χ2n) is 7.24. The number of nitrogens with one attached hydrogen (secondary N) is 1. The van der Waals surface area contributed by atoms with Crippen LogP contribution in [0.4, 0.5) is 0 Å². The van der Waals surface area contributed by atoms with Gasteiger partial charge in [0.25, 0.3) is 0 Å². The number of carbonyl (C=O) groups excluding carboxylic acids is 1. The van der Waals surface area contributed by atoms with E-state index in [9.17, 15) is 4.79 Å². The van der Waals surface area contributed by atoms with Crippen LogP contribution in [0, 0.1) is 0 Å². The molecule has 0 spiro atoms. The summed E-state index contributed by atoms with van der Waals surface area (Å²) in [6.07, 6.45) is 3.50. The second kappa shape index (κ2) is 8.68. The lowest BCUT2D eigenvalue weighted by Gasteiger charge is -2.35. The third-order valence-corrected chi connectivity index (χ3v) is 4.97. The van der Waals surface area contributed by atoms with E-state index in [4.69, 9.17) is 9.47 Å². The van der Waals surface area contributed by atoms with Crippen LogP contribution >= 0.6 is 0 Å². The minimum absolute atomic E-state index is 0.0779. The number of hydrogen-bond acceptors (Lipinski definition) is 4. The summed E-state index contributed by atoms with van der Waals surface area (Å²) >= 11 is 0. The van der Waals surface area contributed by atoms with Crippen molar-refractivity contribution in [3.8, 4) is 5.75 Å². The van der Waals surface area contributed by atoms with Crippen molar-refractivity contribution in [2.24, 2.45) is 0 Å².